The number of nitrogens with zero attached hydrogens (tertiary/aromatic N) is 4. The van der Waals surface area contributed by atoms with Gasteiger partial charge in [0.05, 0.1) is 19.5 Å². The van der Waals surface area contributed by atoms with E-state index in [1.165, 1.54) is 19.3 Å². The lowest BCUT2D eigenvalue weighted by molar-refractivity contribution is -0.129. The van der Waals surface area contributed by atoms with Gasteiger partial charge in [-0.3, -0.25) is 19.4 Å². The van der Waals surface area contributed by atoms with Gasteiger partial charge < -0.3 is 9.80 Å². The van der Waals surface area contributed by atoms with Gasteiger partial charge in [-0.1, -0.05) is 26.2 Å². The molecule has 0 aromatic carbocycles. The van der Waals surface area contributed by atoms with Crippen molar-refractivity contribution in [3.05, 3.63) is 0 Å². The highest BCUT2D eigenvalue weighted by atomic mass is 16.1. The van der Waals surface area contributed by atoms with Crippen LogP contribution in [0, 0.1) is 0 Å². The van der Waals surface area contributed by atoms with E-state index in [0.717, 1.165) is 71.6 Å². The lowest BCUT2D eigenvalue weighted by atomic mass is 10.1. The van der Waals surface area contributed by atoms with E-state index in [0.29, 0.717) is 6.17 Å². The average molecular weight is 310 g/mol. The summed E-state index contributed by atoms with van der Waals surface area (Å²) in [6.45, 7) is 7.47. The summed E-state index contributed by atoms with van der Waals surface area (Å²) in [4.78, 5) is 30.7. The van der Waals surface area contributed by atoms with E-state index < -0.39 is 0 Å². The third-order valence-corrected chi connectivity index (χ3v) is 4.71. The summed E-state index contributed by atoms with van der Waals surface area (Å²) in [5.74, 6) is 0. The first-order valence-corrected chi connectivity index (χ1v) is 8.65. The van der Waals surface area contributed by atoms with Crippen LogP contribution in [0.15, 0.2) is 0 Å². The fraction of sp³-hybridized carbons (Fsp3) is 0.875. The van der Waals surface area contributed by atoms with Crippen molar-refractivity contribution in [1.29, 1.82) is 0 Å². The predicted octanol–water partition coefficient (Wildman–Crippen LogP) is 1.14. The molecule has 0 N–H and O–H groups in total. The maximum atomic E-state index is 11.1. The van der Waals surface area contributed by atoms with E-state index in [2.05, 4.69) is 16.7 Å². The second-order valence-electron chi connectivity index (χ2n) is 6.43. The molecule has 0 saturated carbocycles. The van der Waals surface area contributed by atoms with Crippen LogP contribution in [0.5, 0.6) is 0 Å². The van der Waals surface area contributed by atoms with Gasteiger partial charge >= 0.3 is 0 Å². The molecule has 2 aliphatic heterocycles. The molecule has 2 fully saturated rings. The predicted molar refractivity (Wildman–Crippen MR) is 85.9 cm³/mol. The van der Waals surface area contributed by atoms with Crippen LogP contribution in [-0.2, 0) is 9.59 Å². The molecule has 2 aliphatic rings. The summed E-state index contributed by atoms with van der Waals surface area (Å²) in [6.07, 6.45) is 9.12. The third kappa shape index (κ3) is 4.68. The topological polar surface area (TPSA) is 47.1 Å². The number of hydrogen-bond donors (Lipinski definition) is 0. The summed E-state index contributed by atoms with van der Waals surface area (Å²) in [5.41, 5.74) is 0. The minimum absolute atomic E-state index is 0.344. The quantitative estimate of drug-likeness (QED) is 0.498. The molecule has 0 aromatic rings. The van der Waals surface area contributed by atoms with Crippen molar-refractivity contribution in [2.75, 3.05) is 39.5 Å². The molecule has 0 aliphatic carbocycles. The molecule has 0 unspecified atom stereocenters. The van der Waals surface area contributed by atoms with Gasteiger partial charge in [-0.25, -0.2) is 0 Å². The fourth-order valence-electron chi connectivity index (χ4n) is 3.53. The maximum Gasteiger partial charge on any atom is 0.210 e. The zero-order chi connectivity index (χ0) is 15.8. The Morgan fingerprint density at radius 1 is 0.864 bits per heavy atom. The first-order chi connectivity index (χ1) is 10.8. The van der Waals surface area contributed by atoms with Crippen molar-refractivity contribution < 1.29 is 9.59 Å². The van der Waals surface area contributed by atoms with Crippen LogP contribution >= 0.6 is 0 Å². The molecule has 2 amide bonds. The van der Waals surface area contributed by atoms with Crippen molar-refractivity contribution in [2.45, 2.75) is 51.6 Å². The number of hydrogen-bond acceptors (Lipinski definition) is 4. The molecule has 126 valence electrons. The molecule has 0 bridgehead atoms. The summed E-state index contributed by atoms with van der Waals surface area (Å²) < 4.78 is 0. The van der Waals surface area contributed by atoms with Gasteiger partial charge in [-0.15, -0.1) is 0 Å². The molecule has 0 aromatic heterocycles. The van der Waals surface area contributed by atoms with Crippen molar-refractivity contribution in [2.24, 2.45) is 0 Å². The Kier molecular flexibility index (Phi) is 7.12. The summed E-state index contributed by atoms with van der Waals surface area (Å²) >= 11 is 0. The highest BCUT2D eigenvalue weighted by Gasteiger charge is 2.30. The van der Waals surface area contributed by atoms with E-state index in [4.69, 9.17) is 0 Å². The van der Waals surface area contributed by atoms with Gasteiger partial charge in [-0.05, 0) is 19.3 Å². The third-order valence-electron chi connectivity index (χ3n) is 4.71. The molecular formula is C16H30N4O2. The van der Waals surface area contributed by atoms with Crippen LogP contribution in [0.1, 0.15) is 45.4 Å². The number of rotatable bonds is 8. The molecule has 0 spiro atoms. The van der Waals surface area contributed by atoms with Crippen molar-refractivity contribution in [3.8, 4) is 0 Å². The Morgan fingerprint density at radius 3 is 1.86 bits per heavy atom. The maximum absolute atomic E-state index is 11.1. The molecule has 2 rings (SSSR count). The average Bonchev–Trinajstić information content (AvgIpc) is 2.59. The Bertz CT molecular complexity index is 325. The Labute approximate surface area is 134 Å². The van der Waals surface area contributed by atoms with Gasteiger partial charge in [0.25, 0.3) is 0 Å². The summed E-state index contributed by atoms with van der Waals surface area (Å²) in [6, 6.07) is 0. The van der Waals surface area contributed by atoms with Gasteiger partial charge in [0.15, 0.2) is 0 Å². The number of unbranched alkanes of at least 4 members (excludes halogenated alkanes) is 2. The second-order valence-corrected chi connectivity index (χ2v) is 6.43. The number of carbonyl (C=O) groups is 2. The molecule has 0 radical (unpaired) electrons. The molecule has 22 heavy (non-hydrogen) atoms. The van der Waals surface area contributed by atoms with Crippen LogP contribution in [0.3, 0.4) is 0 Å². The number of amides is 2. The first-order valence-electron chi connectivity index (χ1n) is 8.65. The van der Waals surface area contributed by atoms with E-state index >= 15 is 0 Å². The van der Waals surface area contributed by atoms with Crippen LogP contribution in [0.25, 0.3) is 0 Å². The van der Waals surface area contributed by atoms with Crippen LogP contribution in [-0.4, -0.2) is 78.1 Å². The molecule has 6 nitrogen and oxygen atoms in total. The lowest BCUT2D eigenvalue weighted by Crippen LogP contribution is -2.58. The van der Waals surface area contributed by atoms with Gasteiger partial charge in [-0.2, -0.15) is 0 Å². The number of carbonyl (C=O) groups excluding carboxylic acids is 2. The van der Waals surface area contributed by atoms with Gasteiger partial charge in [0.1, 0.15) is 0 Å². The Hall–Kier alpha value is -1.14. The van der Waals surface area contributed by atoms with Crippen molar-refractivity contribution in [3.63, 3.8) is 0 Å². The standard InChI is InChI=1S/C16H30N4O2/c1-2-3-4-7-16(19-10-5-8-17(12-19)14-21)20-11-6-9-18(13-20)15-22/h14-16H,2-13H2,1H3. The lowest BCUT2D eigenvalue weighted by Gasteiger charge is -2.46. The molecular weight excluding hydrogens is 280 g/mol. The minimum atomic E-state index is 0.344. The Balaban J connectivity index is 2.00. The second kappa shape index (κ2) is 9.10. The summed E-state index contributed by atoms with van der Waals surface area (Å²) in [7, 11) is 0. The SMILES string of the molecule is CCCCCC(N1CCCN(C=O)C1)N1CCCN(C=O)C1. The van der Waals surface area contributed by atoms with Crippen LogP contribution in [0.2, 0.25) is 0 Å². The monoisotopic (exact) mass is 310 g/mol. The van der Waals surface area contributed by atoms with E-state index in [1.54, 1.807) is 0 Å². The molecule has 2 saturated heterocycles. The van der Waals surface area contributed by atoms with Crippen molar-refractivity contribution in [1.82, 2.24) is 19.6 Å². The largest absolute Gasteiger partial charge is 0.332 e. The van der Waals surface area contributed by atoms with Gasteiger partial charge in [0, 0.05) is 26.2 Å². The zero-order valence-corrected chi connectivity index (χ0v) is 13.8. The normalized spacial score (nSPS) is 21.4. The fourth-order valence-corrected chi connectivity index (χ4v) is 3.53. The molecule has 0 atom stereocenters. The van der Waals surface area contributed by atoms with E-state index in [-0.39, 0.29) is 0 Å². The van der Waals surface area contributed by atoms with Crippen LogP contribution in [0.4, 0.5) is 0 Å². The Morgan fingerprint density at radius 2 is 1.41 bits per heavy atom. The first kappa shape index (κ1) is 17.2. The highest BCUT2D eigenvalue weighted by Crippen LogP contribution is 2.20. The molecule has 2 heterocycles. The smallest absolute Gasteiger partial charge is 0.210 e. The van der Waals surface area contributed by atoms with Crippen LogP contribution < -0.4 is 0 Å². The van der Waals surface area contributed by atoms with E-state index in [1.807, 2.05) is 9.80 Å². The van der Waals surface area contributed by atoms with Gasteiger partial charge in [0.2, 0.25) is 12.8 Å². The summed E-state index contributed by atoms with van der Waals surface area (Å²) in [5, 5.41) is 0. The van der Waals surface area contributed by atoms with E-state index in [9.17, 15) is 9.59 Å². The zero-order valence-electron chi connectivity index (χ0n) is 13.8. The molecule has 6 heteroatoms. The minimum Gasteiger partial charge on any atom is -0.332 e. The highest BCUT2D eigenvalue weighted by molar-refractivity contribution is 5.47. The van der Waals surface area contributed by atoms with Crippen molar-refractivity contribution >= 4 is 12.8 Å².